The Morgan fingerprint density at radius 1 is 0.500 bits per heavy atom. The summed E-state index contributed by atoms with van der Waals surface area (Å²) in [4.78, 5) is 26.1. The number of hydrogen-bond donors (Lipinski definition) is 3. The predicted molar refractivity (Wildman–Crippen MR) is 259 cm³/mol. The van der Waals surface area contributed by atoms with Gasteiger partial charge in [0.2, 0.25) is 5.91 Å². The van der Waals surface area contributed by atoms with Crippen molar-refractivity contribution in [2.45, 2.75) is 264 Å². The minimum atomic E-state index is -0.793. The molecule has 348 valence electrons. The van der Waals surface area contributed by atoms with Crippen LogP contribution in [0.5, 0.6) is 0 Å². The fourth-order valence-electron chi connectivity index (χ4n) is 7.55. The van der Waals surface area contributed by atoms with E-state index in [2.05, 4.69) is 68.6 Å². The van der Waals surface area contributed by atoms with Gasteiger partial charge in [-0.3, -0.25) is 9.59 Å². The molecule has 6 nitrogen and oxygen atoms in total. The van der Waals surface area contributed by atoms with Gasteiger partial charge in [-0.2, -0.15) is 0 Å². The molecule has 0 aliphatic rings. The largest absolute Gasteiger partial charge is 0.462 e. The molecule has 3 unspecified atom stereocenters. The van der Waals surface area contributed by atoms with E-state index in [-0.39, 0.29) is 24.9 Å². The first-order chi connectivity index (χ1) is 29.5. The Balaban J connectivity index is 4.62. The Morgan fingerprint density at radius 2 is 0.917 bits per heavy atom. The number of esters is 1. The van der Waals surface area contributed by atoms with Gasteiger partial charge in [0, 0.05) is 6.42 Å². The molecule has 0 saturated heterocycles. The Bertz CT molecular complexity index is 1080. The van der Waals surface area contributed by atoms with Gasteiger partial charge in [-0.25, -0.2) is 0 Å². The number of carbonyl (C=O) groups excluding carboxylic acids is 2. The van der Waals surface area contributed by atoms with Crippen LogP contribution in [-0.2, 0) is 14.3 Å². The third-order valence-electron chi connectivity index (χ3n) is 11.4. The second kappa shape index (κ2) is 47.6. The number of amides is 1. The number of nitrogens with one attached hydrogen (secondary N) is 1. The average molecular weight is 840 g/mol. The van der Waals surface area contributed by atoms with Crippen molar-refractivity contribution in [1.82, 2.24) is 5.32 Å². The van der Waals surface area contributed by atoms with Crippen LogP contribution < -0.4 is 5.32 Å². The van der Waals surface area contributed by atoms with Crippen molar-refractivity contribution in [3.8, 4) is 0 Å². The van der Waals surface area contributed by atoms with Crippen LogP contribution in [0.4, 0.5) is 0 Å². The maximum atomic E-state index is 13.2. The molecule has 0 aliphatic carbocycles. The minimum absolute atomic E-state index is 0.0638. The molecule has 0 fully saturated rings. The SMILES string of the molecule is CC/C=C/C=C/C=C/C=C\CCCCCCCC(=O)OC(CCCCCCCCC/C=C/CCCCCCCC)CC(=O)NC(CO)C(O)CCCCCCCCCCC. The lowest BCUT2D eigenvalue weighted by atomic mass is 10.0. The van der Waals surface area contributed by atoms with Crippen LogP contribution in [0.2, 0.25) is 0 Å². The highest BCUT2D eigenvalue weighted by Gasteiger charge is 2.24. The quantitative estimate of drug-likeness (QED) is 0.0246. The van der Waals surface area contributed by atoms with E-state index in [1.807, 2.05) is 18.2 Å². The normalized spacial score (nSPS) is 13.8. The summed E-state index contributed by atoms with van der Waals surface area (Å²) in [5.74, 6) is -0.504. The van der Waals surface area contributed by atoms with Crippen LogP contribution in [0.15, 0.2) is 60.8 Å². The van der Waals surface area contributed by atoms with E-state index < -0.39 is 18.2 Å². The number of ether oxygens (including phenoxy) is 1. The van der Waals surface area contributed by atoms with Crippen LogP contribution in [0.25, 0.3) is 0 Å². The maximum absolute atomic E-state index is 13.2. The molecule has 1 amide bonds. The highest BCUT2D eigenvalue weighted by molar-refractivity contribution is 5.77. The monoisotopic (exact) mass is 840 g/mol. The van der Waals surface area contributed by atoms with Gasteiger partial charge in [-0.05, 0) is 70.6 Å². The number of aliphatic hydroxyl groups excluding tert-OH is 2. The predicted octanol–water partition coefficient (Wildman–Crippen LogP) is 15.2. The third-order valence-corrected chi connectivity index (χ3v) is 11.4. The zero-order valence-electron chi connectivity index (χ0n) is 39.6. The highest BCUT2D eigenvalue weighted by atomic mass is 16.5. The van der Waals surface area contributed by atoms with Gasteiger partial charge in [-0.15, -0.1) is 0 Å². The number of unbranched alkanes of at least 4 members (excludes halogenated alkanes) is 26. The van der Waals surface area contributed by atoms with Gasteiger partial charge < -0.3 is 20.3 Å². The van der Waals surface area contributed by atoms with E-state index in [0.29, 0.717) is 19.3 Å². The van der Waals surface area contributed by atoms with Crippen LogP contribution in [0.3, 0.4) is 0 Å². The summed E-state index contributed by atoms with van der Waals surface area (Å²) < 4.78 is 5.92. The summed E-state index contributed by atoms with van der Waals surface area (Å²) in [6.45, 7) is 6.32. The van der Waals surface area contributed by atoms with Crippen LogP contribution in [-0.4, -0.2) is 46.9 Å². The van der Waals surface area contributed by atoms with E-state index in [9.17, 15) is 19.8 Å². The summed E-state index contributed by atoms with van der Waals surface area (Å²) in [5, 5.41) is 23.7. The van der Waals surface area contributed by atoms with E-state index in [4.69, 9.17) is 4.74 Å². The molecule has 0 rings (SSSR count). The fraction of sp³-hybridized carbons (Fsp3) is 0.778. The molecule has 0 aromatic carbocycles. The zero-order valence-corrected chi connectivity index (χ0v) is 39.6. The van der Waals surface area contributed by atoms with Gasteiger partial charge >= 0.3 is 5.97 Å². The topological polar surface area (TPSA) is 95.9 Å². The molecule has 0 heterocycles. The van der Waals surface area contributed by atoms with E-state index >= 15 is 0 Å². The highest BCUT2D eigenvalue weighted by Crippen LogP contribution is 2.18. The molecular formula is C54H97NO5. The fourth-order valence-corrected chi connectivity index (χ4v) is 7.55. The molecule has 0 aromatic heterocycles. The third kappa shape index (κ3) is 42.3. The van der Waals surface area contributed by atoms with E-state index in [1.54, 1.807) is 0 Å². The van der Waals surface area contributed by atoms with Crippen molar-refractivity contribution < 1.29 is 24.5 Å². The summed E-state index contributed by atoms with van der Waals surface area (Å²) >= 11 is 0. The first-order valence-electron chi connectivity index (χ1n) is 25.6. The van der Waals surface area contributed by atoms with Crippen molar-refractivity contribution in [2.75, 3.05) is 6.61 Å². The van der Waals surface area contributed by atoms with Crippen molar-refractivity contribution in [2.24, 2.45) is 0 Å². The molecule has 0 radical (unpaired) electrons. The average Bonchev–Trinajstić information content (AvgIpc) is 3.24. The van der Waals surface area contributed by atoms with Gasteiger partial charge in [0.25, 0.3) is 0 Å². The molecular weight excluding hydrogens is 743 g/mol. The first-order valence-corrected chi connectivity index (χ1v) is 25.6. The summed E-state index contributed by atoms with van der Waals surface area (Å²) in [5.41, 5.74) is 0. The molecule has 6 heteroatoms. The van der Waals surface area contributed by atoms with Crippen LogP contribution >= 0.6 is 0 Å². The van der Waals surface area contributed by atoms with Gasteiger partial charge in [-0.1, -0.05) is 223 Å². The lowest BCUT2D eigenvalue weighted by molar-refractivity contribution is -0.151. The van der Waals surface area contributed by atoms with Gasteiger partial charge in [0.1, 0.15) is 6.10 Å². The van der Waals surface area contributed by atoms with Crippen molar-refractivity contribution in [3.63, 3.8) is 0 Å². The summed E-state index contributed by atoms with van der Waals surface area (Å²) in [7, 11) is 0. The molecule has 0 aromatic rings. The van der Waals surface area contributed by atoms with Crippen molar-refractivity contribution in [1.29, 1.82) is 0 Å². The minimum Gasteiger partial charge on any atom is -0.462 e. The van der Waals surface area contributed by atoms with E-state index in [1.165, 1.54) is 116 Å². The van der Waals surface area contributed by atoms with Gasteiger partial charge in [0.05, 0.1) is 25.2 Å². The molecule has 0 aliphatic heterocycles. The molecule has 0 bridgehead atoms. The first kappa shape index (κ1) is 57.6. The van der Waals surface area contributed by atoms with E-state index in [0.717, 1.165) is 83.5 Å². The number of hydrogen-bond acceptors (Lipinski definition) is 5. The van der Waals surface area contributed by atoms with Crippen molar-refractivity contribution in [3.05, 3.63) is 60.8 Å². The molecule has 3 atom stereocenters. The second-order valence-corrected chi connectivity index (χ2v) is 17.3. The number of rotatable bonds is 45. The smallest absolute Gasteiger partial charge is 0.306 e. The van der Waals surface area contributed by atoms with Crippen LogP contribution in [0, 0.1) is 0 Å². The Kier molecular flexibility index (Phi) is 45.7. The lowest BCUT2D eigenvalue weighted by Gasteiger charge is -2.24. The molecule has 0 spiro atoms. The molecule has 0 saturated carbocycles. The molecule has 60 heavy (non-hydrogen) atoms. The number of aliphatic hydroxyl groups is 2. The molecule has 3 N–H and O–H groups in total. The second-order valence-electron chi connectivity index (χ2n) is 17.3. The standard InChI is InChI=1S/C54H97NO5/c1-4-7-10-13-16-19-21-23-25-26-28-29-31-34-36-39-42-45-50(48-53(58)55-51(49-56)52(57)46-43-40-37-33-18-15-12-9-6-3)60-54(59)47-44-41-38-35-32-30-27-24-22-20-17-14-11-8-5-2/h8,11,14,17,20,22-25,27,50-52,56-57H,4-7,9-10,12-13,15-16,18-19,21,26,28-49H2,1-3H3,(H,55,58)/b11-8+,17-14+,22-20+,25-23+,27-24-. The maximum Gasteiger partial charge on any atom is 0.306 e. The number of carbonyl (C=O) groups is 2. The number of allylic oxidation sites excluding steroid dienone is 10. The van der Waals surface area contributed by atoms with Crippen molar-refractivity contribution >= 4 is 11.9 Å². The Labute approximate surface area is 371 Å². The summed E-state index contributed by atoms with van der Waals surface area (Å²) in [6.07, 6.45) is 58.5. The lowest BCUT2D eigenvalue weighted by Crippen LogP contribution is -2.46. The Morgan fingerprint density at radius 3 is 1.42 bits per heavy atom. The van der Waals surface area contributed by atoms with Gasteiger partial charge in [0.15, 0.2) is 0 Å². The summed E-state index contributed by atoms with van der Waals surface area (Å²) in [6, 6.07) is -0.708. The zero-order chi connectivity index (χ0) is 43.8. The van der Waals surface area contributed by atoms with Crippen LogP contribution in [0.1, 0.15) is 245 Å². The Hall–Kier alpha value is -2.44.